The summed E-state index contributed by atoms with van der Waals surface area (Å²) in [7, 11) is 0. The molecule has 3 heteroatoms. The Labute approximate surface area is 200 Å². The van der Waals surface area contributed by atoms with Crippen LogP contribution in [0.25, 0.3) is 0 Å². The Balaban J connectivity index is 3.17. The van der Waals surface area contributed by atoms with E-state index in [1.807, 2.05) is 0 Å². The standard InChI is InChI=1S/C29H56O3/c1-2-3-4-5-6-7-11-14-17-20-23-26-29(31)32-28-25-22-19-16-13-10-8-9-12-15-18-21-24-27-30/h5-6,30H,2-4,7-28H2,1H3/b6-5-. The number of ether oxygens (including phenoxy) is 1. The van der Waals surface area contributed by atoms with Crippen molar-refractivity contribution in [3.63, 3.8) is 0 Å². The fraction of sp³-hybridized carbons (Fsp3) is 0.897. The Hall–Kier alpha value is -0.830. The van der Waals surface area contributed by atoms with Gasteiger partial charge in [0.25, 0.3) is 0 Å². The fourth-order valence-electron chi connectivity index (χ4n) is 4.04. The first-order valence-corrected chi connectivity index (χ1v) is 14.2. The van der Waals surface area contributed by atoms with Crippen LogP contribution in [0.4, 0.5) is 0 Å². The SMILES string of the molecule is CCCC/C=C\CCCCCCCC(=O)OCCCCCCCCCCCCCCCO. The van der Waals surface area contributed by atoms with Crippen LogP contribution in [-0.4, -0.2) is 24.3 Å². The molecule has 0 aromatic carbocycles. The molecule has 0 unspecified atom stereocenters. The molecule has 0 spiro atoms. The molecule has 0 saturated carbocycles. The molecule has 0 aromatic heterocycles. The van der Waals surface area contributed by atoms with E-state index in [0.717, 1.165) is 25.7 Å². The van der Waals surface area contributed by atoms with Gasteiger partial charge in [0.15, 0.2) is 0 Å². The molecule has 0 aromatic rings. The van der Waals surface area contributed by atoms with Crippen LogP contribution >= 0.6 is 0 Å². The Bertz CT molecular complexity index is 392. The van der Waals surface area contributed by atoms with Gasteiger partial charge in [-0.3, -0.25) is 4.79 Å². The Morgan fingerprint density at radius 3 is 1.56 bits per heavy atom. The van der Waals surface area contributed by atoms with Gasteiger partial charge in [-0.15, -0.1) is 0 Å². The monoisotopic (exact) mass is 452 g/mol. The zero-order chi connectivity index (χ0) is 23.4. The molecule has 0 atom stereocenters. The van der Waals surface area contributed by atoms with E-state index in [4.69, 9.17) is 9.84 Å². The van der Waals surface area contributed by atoms with Crippen molar-refractivity contribution in [1.82, 2.24) is 0 Å². The van der Waals surface area contributed by atoms with Crippen molar-refractivity contribution in [1.29, 1.82) is 0 Å². The third-order valence-electron chi connectivity index (χ3n) is 6.21. The van der Waals surface area contributed by atoms with Gasteiger partial charge >= 0.3 is 5.97 Å². The van der Waals surface area contributed by atoms with E-state index in [9.17, 15) is 4.79 Å². The number of allylic oxidation sites excluding steroid dienone is 2. The van der Waals surface area contributed by atoms with Crippen LogP contribution in [0.15, 0.2) is 12.2 Å². The van der Waals surface area contributed by atoms with Gasteiger partial charge < -0.3 is 9.84 Å². The van der Waals surface area contributed by atoms with Gasteiger partial charge in [-0.2, -0.15) is 0 Å². The van der Waals surface area contributed by atoms with Gasteiger partial charge in [0.05, 0.1) is 6.61 Å². The van der Waals surface area contributed by atoms with Crippen molar-refractivity contribution in [2.24, 2.45) is 0 Å². The first kappa shape index (κ1) is 31.2. The van der Waals surface area contributed by atoms with Crippen molar-refractivity contribution in [3.8, 4) is 0 Å². The summed E-state index contributed by atoms with van der Waals surface area (Å²) in [5.74, 6) is 0.000202. The molecular formula is C29H56O3. The minimum absolute atomic E-state index is 0.000202. The summed E-state index contributed by atoms with van der Waals surface area (Å²) in [6.45, 7) is 3.19. The molecule has 0 heterocycles. The second kappa shape index (κ2) is 28.2. The molecule has 3 nitrogen and oxygen atoms in total. The number of aliphatic hydroxyl groups excluding tert-OH is 1. The highest BCUT2D eigenvalue weighted by Crippen LogP contribution is 2.13. The fourth-order valence-corrected chi connectivity index (χ4v) is 4.04. The minimum atomic E-state index is 0.000202. The number of carbonyl (C=O) groups is 1. The number of esters is 1. The Morgan fingerprint density at radius 2 is 1.03 bits per heavy atom. The third kappa shape index (κ3) is 27.2. The summed E-state index contributed by atoms with van der Waals surface area (Å²) in [6, 6.07) is 0. The largest absolute Gasteiger partial charge is 0.466 e. The van der Waals surface area contributed by atoms with Crippen LogP contribution in [0.3, 0.4) is 0 Å². The molecule has 1 N–H and O–H groups in total. The number of hydrogen-bond donors (Lipinski definition) is 1. The van der Waals surface area contributed by atoms with Crippen LogP contribution in [-0.2, 0) is 9.53 Å². The lowest BCUT2D eigenvalue weighted by molar-refractivity contribution is -0.143. The minimum Gasteiger partial charge on any atom is -0.466 e. The second-order valence-corrected chi connectivity index (χ2v) is 9.46. The van der Waals surface area contributed by atoms with Gasteiger partial charge in [0, 0.05) is 13.0 Å². The van der Waals surface area contributed by atoms with Gasteiger partial charge in [-0.1, -0.05) is 122 Å². The lowest BCUT2D eigenvalue weighted by Crippen LogP contribution is -2.05. The molecule has 32 heavy (non-hydrogen) atoms. The molecule has 0 saturated heterocycles. The van der Waals surface area contributed by atoms with E-state index in [-0.39, 0.29) is 5.97 Å². The van der Waals surface area contributed by atoms with Gasteiger partial charge in [0.2, 0.25) is 0 Å². The van der Waals surface area contributed by atoms with Crippen molar-refractivity contribution in [3.05, 3.63) is 12.2 Å². The van der Waals surface area contributed by atoms with Gasteiger partial charge in [-0.25, -0.2) is 0 Å². The van der Waals surface area contributed by atoms with E-state index in [2.05, 4.69) is 19.1 Å². The molecule has 0 bridgehead atoms. The van der Waals surface area contributed by atoms with Crippen molar-refractivity contribution >= 4 is 5.97 Å². The number of carbonyl (C=O) groups excluding carboxylic acids is 1. The van der Waals surface area contributed by atoms with Crippen molar-refractivity contribution in [2.45, 2.75) is 155 Å². The highest BCUT2D eigenvalue weighted by molar-refractivity contribution is 5.69. The molecular weight excluding hydrogens is 396 g/mol. The summed E-state index contributed by atoms with van der Waals surface area (Å²) >= 11 is 0. The highest BCUT2D eigenvalue weighted by atomic mass is 16.5. The lowest BCUT2D eigenvalue weighted by atomic mass is 10.0. The Morgan fingerprint density at radius 1 is 0.594 bits per heavy atom. The average molecular weight is 453 g/mol. The van der Waals surface area contributed by atoms with E-state index < -0.39 is 0 Å². The zero-order valence-electron chi connectivity index (χ0n) is 21.6. The molecule has 0 aliphatic heterocycles. The van der Waals surface area contributed by atoms with Gasteiger partial charge in [0.1, 0.15) is 0 Å². The van der Waals surface area contributed by atoms with Crippen LogP contribution in [0.1, 0.15) is 155 Å². The summed E-state index contributed by atoms with van der Waals surface area (Å²) in [4.78, 5) is 11.8. The number of rotatable bonds is 26. The van der Waals surface area contributed by atoms with E-state index in [1.54, 1.807) is 0 Å². The number of aliphatic hydroxyl groups is 1. The summed E-state index contributed by atoms with van der Waals surface area (Å²) in [5, 5.41) is 8.75. The van der Waals surface area contributed by atoms with Crippen LogP contribution in [0.5, 0.6) is 0 Å². The molecule has 0 rings (SSSR count). The zero-order valence-corrected chi connectivity index (χ0v) is 21.6. The maximum atomic E-state index is 11.8. The first-order chi connectivity index (χ1) is 15.8. The Kier molecular flexibility index (Phi) is 27.5. The lowest BCUT2D eigenvalue weighted by Gasteiger charge is -2.05. The molecule has 190 valence electrons. The second-order valence-electron chi connectivity index (χ2n) is 9.46. The molecule has 0 aliphatic carbocycles. The maximum absolute atomic E-state index is 11.8. The van der Waals surface area contributed by atoms with E-state index >= 15 is 0 Å². The van der Waals surface area contributed by atoms with E-state index in [1.165, 1.54) is 116 Å². The van der Waals surface area contributed by atoms with E-state index in [0.29, 0.717) is 19.6 Å². The van der Waals surface area contributed by atoms with Crippen molar-refractivity contribution < 1.29 is 14.6 Å². The molecule has 0 radical (unpaired) electrons. The highest BCUT2D eigenvalue weighted by Gasteiger charge is 2.02. The molecule has 0 amide bonds. The van der Waals surface area contributed by atoms with Crippen LogP contribution in [0, 0.1) is 0 Å². The van der Waals surface area contributed by atoms with Gasteiger partial charge in [-0.05, 0) is 38.5 Å². The van der Waals surface area contributed by atoms with Crippen LogP contribution < -0.4 is 0 Å². The normalized spacial score (nSPS) is 11.4. The average Bonchev–Trinajstić information content (AvgIpc) is 2.80. The quantitative estimate of drug-likeness (QED) is 0.0808. The smallest absolute Gasteiger partial charge is 0.305 e. The van der Waals surface area contributed by atoms with Crippen LogP contribution in [0.2, 0.25) is 0 Å². The number of hydrogen-bond acceptors (Lipinski definition) is 3. The summed E-state index contributed by atoms with van der Waals surface area (Å²) in [6.07, 6.45) is 32.6. The van der Waals surface area contributed by atoms with Crippen molar-refractivity contribution in [2.75, 3.05) is 13.2 Å². The molecule has 0 fully saturated rings. The maximum Gasteiger partial charge on any atom is 0.305 e. The third-order valence-corrected chi connectivity index (χ3v) is 6.21. The summed E-state index contributed by atoms with van der Waals surface area (Å²) < 4.78 is 5.38. The number of unbranched alkanes of at least 4 members (excludes halogenated alkanes) is 19. The predicted molar refractivity (Wildman–Crippen MR) is 139 cm³/mol. The first-order valence-electron chi connectivity index (χ1n) is 14.2. The predicted octanol–water partition coefficient (Wildman–Crippen LogP) is 9.07. The molecule has 0 aliphatic rings. The topological polar surface area (TPSA) is 46.5 Å². The summed E-state index contributed by atoms with van der Waals surface area (Å²) in [5.41, 5.74) is 0.